The maximum absolute atomic E-state index is 13.2. The summed E-state index contributed by atoms with van der Waals surface area (Å²) in [5.74, 6) is -2.21. The number of imide groups is 1. The van der Waals surface area contributed by atoms with Crippen LogP contribution in [0.25, 0.3) is 17.2 Å². The van der Waals surface area contributed by atoms with Crippen LogP contribution in [0.2, 0.25) is 0 Å². The van der Waals surface area contributed by atoms with Gasteiger partial charge in [0.05, 0.1) is 4.91 Å². The van der Waals surface area contributed by atoms with Crippen molar-refractivity contribution >= 4 is 29.0 Å². The van der Waals surface area contributed by atoms with Gasteiger partial charge in [-0.1, -0.05) is 30.3 Å². The fraction of sp³-hybridized carbons (Fsp3) is 0. The normalized spacial score (nSPS) is 16.2. The lowest BCUT2D eigenvalue weighted by molar-refractivity contribution is -0.115. The lowest BCUT2D eigenvalue weighted by Gasteiger charge is -2.03. The molecule has 1 aliphatic rings. The number of carbonyl (C=O) groups is 2. The molecule has 0 unspecified atom stereocenters. The van der Waals surface area contributed by atoms with Crippen molar-refractivity contribution in [3.05, 3.63) is 64.6 Å². The second kappa shape index (κ2) is 5.73. The van der Waals surface area contributed by atoms with Gasteiger partial charge in [-0.05, 0) is 46.7 Å². The number of halogens is 2. The number of thioether (sulfide) groups is 1. The second-order valence-electron chi connectivity index (χ2n) is 4.60. The average molecular weight is 317 g/mol. The molecule has 0 atom stereocenters. The summed E-state index contributed by atoms with van der Waals surface area (Å²) in [6.07, 6.45) is 1.60. The third kappa shape index (κ3) is 2.92. The molecule has 1 saturated heterocycles. The van der Waals surface area contributed by atoms with Crippen LogP contribution in [-0.4, -0.2) is 11.1 Å². The highest BCUT2D eigenvalue weighted by Gasteiger charge is 2.24. The molecule has 1 fully saturated rings. The molecule has 1 N–H and O–H groups in total. The van der Waals surface area contributed by atoms with Gasteiger partial charge in [0, 0.05) is 0 Å². The molecule has 0 saturated carbocycles. The first-order chi connectivity index (χ1) is 10.5. The third-order valence-corrected chi connectivity index (χ3v) is 3.91. The first kappa shape index (κ1) is 14.5. The van der Waals surface area contributed by atoms with Crippen LogP contribution < -0.4 is 5.32 Å². The van der Waals surface area contributed by atoms with Gasteiger partial charge in [0.1, 0.15) is 0 Å². The Hall–Kier alpha value is -2.47. The van der Waals surface area contributed by atoms with Crippen molar-refractivity contribution in [2.45, 2.75) is 0 Å². The zero-order valence-electron chi connectivity index (χ0n) is 11.1. The van der Waals surface area contributed by atoms with Crippen LogP contribution in [0.4, 0.5) is 13.6 Å². The number of rotatable bonds is 2. The molecule has 0 bridgehead atoms. The maximum Gasteiger partial charge on any atom is 0.290 e. The molecule has 2 aromatic carbocycles. The van der Waals surface area contributed by atoms with E-state index in [0.29, 0.717) is 10.5 Å². The van der Waals surface area contributed by atoms with Gasteiger partial charge in [-0.3, -0.25) is 14.9 Å². The van der Waals surface area contributed by atoms with E-state index in [1.165, 1.54) is 6.07 Å². The molecule has 0 radical (unpaired) electrons. The molecular formula is C16H9F2NO2S. The molecule has 6 heteroatoms. The monoisotopic (exact) mass is 317 g/mol. The molecule has 1 aliphatic heterocycles. The van der Waals surface area contributed by atoms with E-state index >= 15 is 0 Å². The van der Waals surface area contributed by atoms with Gasteiger partial charge in [-0.2, -0.15) is 0 Å². The van der Waals surface area contributed by atoms with Gasteiger partial charge in [0.2, 0.25) is 0 Å². The van der Waals surface area contributed by atoms with Crippen LogP contribution >= 0.6 is 11.8 Å². The zero-order valence-corrected chi connectivity index (χ0v) is 11.9. The van der Waals surface area contributed by atoms with Gasteiger partial charge < -0.3 is 0 Å². The Morgan fingerprint density at radius 2 is 1.59 bits per heavy atom. The lowest BCUT2D eigenvalue weighted by Crippen LogP contribution is -2.17. The number of hydrogen-bond acceptors (Lipinski definition) is 3. The molecule has 0 aromatic heterocycles. The van der Waals surface area contributed by atoms with Crippen molar-refractivity contribution in [3.63, 3.8) is 0 Å². The van der Waals surface area contributed by atoms with E-state index in [9.17, 15) is 18.4 Å². The van der Waals surface area contributed by atoms with Crippen LogP contribution in [0.5, 0.6) is 0 Å². The van der Waals surface area contributed by atoms with Crippen LogP contribution in [0, 0.1) is 11.6 Å². The maximum atomic E-state index is 13.2. The van der Waals surface area contributed by atoms with Gasteiger partial charge >= 0.3 is 0 Å². The van der Waals surface area contributed by atoms with Crippen LogP contribution in [0.15, 0.2) is 47.4 Å². The number of amides is 2. The highest BCUT2D eigenvalue weighted by molar-refractivity contribution is 8.18. The summed E-state index contributed by atoms with van der Waals surface area (Å²) in [6, 6.07) is 10.6. The summed E-state index contributed by atoms with van der Waals surface area (Å²) in [5, 5.41) is 1.78. The Kier molecular flexibility index (Phi) is 3.77. The quantitative estimate of drug-likeness (QED) is 0.853. The van der Waals surface area contributed by atoms with Gasteiger partial charge in [-0.15, -0.1) is 0 Å². The summed E-state index contributed by atoms with van der Waals surface area (Å²) in [7, 11) is 0. The molecule has 2 aromatic rings. The Morgan fingerprint density at radius 1 is 0.909 bits per heavy atom. The number of hydrogen-bond donors (Lipinski definition) is 1. The topological polar surface area (TPSA) is 46.2 Å². The molecule has 3 nitrogen and oxygen atoms in total. The van der Waals surface area contributed by atoms with Crippen molar-refractivity contribution in [2.75, 3.05) is 0 Å². The van der Waals surface area contributed by atoms with Gasteiger partial charge in [0.25, 0.3) is 11.1 Å². The van der Waals surface area contributed by atoms with Crippen molar-refractivity contribution in [1.29, 1.82) is 0 Å². The van der Waals surface area contributed by atoms with Gasteiger partial charge in [-0.25, -0.2) is 8.78 Å². The van der Waals surface area contributed by atoms with E-state index in [4.69, 9.17) is 0 Å². The molecule has 2 amide bonds. The number of nitrogens with one attached hydrogen (secondary N) is 1. The van der Waals surface area contributed by atoms with E-state index in [-0.39, 0.29) is 0 Å². The van der Waals surface area contributed by atoms with E-state index in [1.807, 2.05) is 0 Å². The van der Waals surface area contributed by atoms with Crippen molar-refractivity contribution in [1.82, 2.24) is 5.32 Å². The summed E-state index contributed by atoms with van der Waals surface area (Å²) in [5.41, 5.74) is 2.01. The zero-order chi connectivity index (χ0) is 15.7. The minimum absolute atomic E-state index is 0.325. The highest BCUT2D eigenvalue weighted by atomic mass is 32.2. The highest BCUT2D eigenvalue weighted by Crippen LogP contribution is 2.27. The molecule has 0 spiro atoms. The lowest BCUT2D eigenvalue weighted by atomic mass is 10.0. The number of carbonyl (C=O) groups excluding carboxylic acids is 2. The summed E-state index contributed by atoms with van der Waals surface area (Å²) < 4.78 is 26.2. The molecule has 0 aliphatic carbocycles. The SMILES string of the molecule is O=C1NC(=O)C(=Cc2ccc(-c3ccc(F)c(F)c3)cc2)S1. The summed E-state index contributed by atoms with van der Waals surface area (Å²) >= 11 is 0.843. The molecular weight excluding hydrogens is 308 g/mol. The molecule has 110 valence electrons. The smallest absolute Gasteiger partial charge is 0.282 e. The standard InChI is InChI=1S/C16H9F2NO2S/c17-12-6-5-11(8-13(12)18)10-3-1-9(2-4-10)7-14-15(20)19-16(21)22-14/h1-8H,(H,19,20,21). The largest absolute Gasteiger partial charge is 0.290 e. The Morgan fingerprint density at radius 3 is 2.18 bits per heavy atom. The van der Waals surface area contributed by atoms with E-state index in [0.717, 1.165) is 35.0 Å². The van der Waals surface area contributed by atoms with E-state index in [1.54, 1.807) is 30.3 Å². The Labute approximate surface area is 129 Å². The fourth-order valence-corrected chi connectivity index (χ4v) is 2.70. The first-order valence-corrected chi connectivity index (χ1v) is 7.15. The van der Waals surface area contributed by atoms with Crippen molar-refractivity contribution < 1.29 is 18.4 Å². The Balaban J connectivity index is 1.87. The third-order valence-electron chi connectivity index (χ3n) is 3.10. The predicted molar refractivity (Wildman–Crippen MR) is 80.9 cm³/mol. The fourth-order valence-electron chi connectivity index (χ4n) is 2.02. The van der Waals surface area contributed by atoms with Crippen LogP contribution in [0.3, 0.4) is 0 Å². The van der Waals surface area contributed by atoms with Crippen LogP contribution in [0.1, 0.15) is 5.56 Å². The molecule has 3 rings (SSSR count). The minimum Gasteiger partial charge on any atom is -0.282 e. The Bertz CT molecular complexity index is 800. The first-order valence-electron chi connectivity index (χ1n) is 6.33. The molecule has 22 heavy (non-hydrogen) atoms. The van der Waals surface area contributed by atoms with Gasteiger partial charge in [0.15, 0.2) is 11.6 Å². The van der Waals surface area contributed by atoms with Crippen molar-refractivity contribution in [2.24, 2.45) is 0 Å². The second-order valence-corrected chi connectivity index (χ2v) is 5.62. The molecule has 1 heterocycles. The van der Waals surface area contributed by atoms with Crippen molar-refractivity contribution in [3.8, 4) is 11.1 Å². The summed E-state index contributed by atoms with van der Waals surface area (Å²) in [4.78, 5) is 22.8. The van der Waals surface area contributed by atoms with E-state index < -0.39 is 22.8 Å². The predicted octanol–water partition coefficient (Wildman–Crippen LogP) is 3.96. The minimum atomic E-state index is -0.902. The average Bonchev–Trinajstić information content (AvgIpc) is 2.81. The number of benzene rings is 2. The van der Waals surface area contributed by atoms with E-state index in [2.05, 4.69) is 5.32 Å². The van der Waals surface area contributed by atoms with Crippen LogP contribution in [-0.2, 0) is 4.79 Å². The summed E-state index contributed by atoms with van der Waals surface area (Å²) in [6.45, 7) is 0.